The minimum absolute atomic E-state index is 0.374. The monoisotopic (exact) mass is 342 g/mol. The van der Waals surface area contributed by atoms with Crippen molar-refractivity contribution in [2.45, 2.75) is 12.8 Å². The molecule has 0 radical (unpaired) electrons. The summed E-state index contributed by atoms with van der Waals surface area (Å²) in [5.41, 5.74) is 5.13. The number of nitrogens with zero attached hydrogens (tertiary/aromatic N) is 1. The maximum absolute atomic E-state index is 12.1. The summed E-state index contributed by atoms with van der Waals surface area (Å²) in [5.74, 6) is 0. The van der Waals surface area contributed by atoms with Gasteiger partial charge in [-0.25, -0.2) is 4.79 Å². The summed E-state index contributed by atoms with van der Waals surface area (Å²) in [5, 5.41) is 1.08. The van der Waals surface area contributed by atoms with Crippen LogP contribution in [0.15, 0.2) is 47.3 Å². The van der Waals surface area contributed by atoms with Crippen molar-refractivity contribution in [3.8, 4) is 22.5 Å². The third-order valence-corrected chi connectivity index (χ3v) is 4.70. The molecular weight excluding hydrogens is 331 g/mol. The van der Waals surface area contributed by atoms with Crippen LogP contribution in [0.25, 0.3) is 22.5 Å². The van der Waals surface area contributed by atoms with Gasteiger partial charge in [-0.05, 0) is 36.6 Å². The molecule has 0 bridgehead atoms. The van der Waals surface area contributed by atoms with Crippen LogP contribution in [-0.4, -0.2) is 9.97 Å². The molecule has 5 heteroatoms. The minimum Gasteiger partial charge on any atom is -0.305 e. The van der Waals surface area contributed by atoms with E-state index in [1.165, 1.54) is 5.56 Å². The third kappa shape index (κ3) is 2.46. The molecule has 0 spiro atoms. The van der Waals surface area contributed by atoms with Gasteiger partial charge in [-0.2, -0.15) is 4.98 Å². The molecule has 0 saturated carbocycles. The average Bonchev–Trinajstić information content (AvgIpc) is 2.54. The van der Waals surface area contributed by atoms with Crippen LogP contribution in [0, 0.1) is 0 Å². The molecule has 1 aromatic heterocycles. The van der Waals surface area contributed by atoms with Gasteiger partial charge in [0.25, 0.3) is 0 Å². The highest BCUT2D eigenvalue weighted by Crippen LogP contribution is 2.38. The van der Waals surface area contributed by atoms with E-state index in [1.54, 1.807) is 12.1 Å². The molecule has 3 aromatic rings. The van der Waals surface area contributed by atoms with Gasteiger partial charge in [0.1, 0.15) is 0 Å². The molecule has 0 aliphatic heterocycles. The number of aromatic amines is 1. The number of aromatic nitrogens is 2. The first kappa shape index (κ1) is 14.5. The van der Waals surface area contributed by atoms with Gasteiger partial charge in [-0.15, -0.1) is 0 Å². The van der Waals surface area contributed by atoms with Crippen molar-refractivity contribution in [1.82, 2.24) is 9.97 Å². The third-order valence-electron chi connectivity index (χ3n) is 4.15. The zero-order valence-corrected chi connectivity index (χ0v) is 13.6. The molecular formula is C18H12Cl2N2O. The van der Waals surface area contributed by atoms with Gasteiger partial charge < -0.3 is 4.98 Å². The maximum Gasteiger partial charge on any atom is 0.345 e. The molecule has 1 aliphatic rings. The Hall–Kier alpha value is -2.10. The SMILES string of the molecule is O=c1nc2c(c(-c3ccc(Cl)cc3Cl)[nH]1)CCc1ccccc1-2. The van der Waals surface area contributed by atoms with Gasteiger partial charge in [0.05, 0.1) is 16.4 Å². The van der Waals surface area contributed by atoms with Gasteiger partial charge in [0.15, 0.2) is 0 Å². The van der Waals surface area contributed by atoms with Crippen LogP contribution in [0.4, 0.5) is 0 Å². The molecule has 1 N–H and O–H groups in total. The van der Waals surface area contributed by atoms with E-state index in [2.05, 4.69) is 16.0 Å². The predicted octanol–water partition coefficient (Wildman–Crippen LogP) is 4.51. The Morgan fingerprint density at radius 3 is 2.65 bits per heavy atom. The number of hydrogen-bond donors (Lipinski definition) is 1. The molecule has 3 nitrogen and oxygen atoms in total. The largest absolute Gasteiger partial charge is 0.345 e. The van der Waals surface area contributed by atoms with Crippen molar-refractivity contribution < 1.29 is 0 Å². The summed E-state index contributed by atoms with van der Waals surface area (Å²) in [7, 11) is 0. The molecule has 4 rings (SSSR count). The van der Waals surface area contributed by atoms with E-state index in [-0.39, 0.29) is 5.69 Å². The molecule has 0 saturated heterocycles. The summed E-state index contributed by atoms with van der Waals surface area (Å²) in [6.45, 7) is 0. The number of halogens is 2. The summed E-state index contributed by atoms with van der Waals surface area (Å²) in [6.07, 6.45) is 1.72. The molecule has 1 heterocycles. The lowest BCUT2D eigenvalue weighted by molar-refractivity contribution is 0.902. The van der Waals surface area contributed by atoms with Crippen molar-refractivity contribution in [3.63, 3.8) is 0 Å². The second kappa shape index (κ2) is 5.52. The second-order valence-electron chi connectivity index (χ2n) is 5.53. The van der Waals surface area contributed by atoms with E-state index in [0.29, 0.717) is 10.0 Å². The van der Waals surface area contributed by atoms with E-state index < -0.39 is 0 Å². The average molecular weight is 343 g/mol. The molecule has 0 fully saturated rings. The van der Waals surface area contributed by atoms with Gasteiger partial charge in [-0.1, -0.05) is 47.5 Å². The number of rotatable bonds is 1. The zero-order chi connectivity index (χ0) is 16.0. The molecule has 0 amide bonds. The Kier molecular flexibility index (Phi) is 3.47. The summed E-state index contributed by atoms with van der Waals surface area (Å²) in [6, 6.07) is 13.3. The van der Waals surface area contributed by atoms with E-state index in [9.17, 15) is 4.79 Å². The Balaban J connectivity index is 2.01. The Morgan fingerprint density at radius 2 is 1.83 bits per heavy atom. The molecule has 0 atom stereocenters. The van der Waals surface area contributed by atoms with E-state index >= 15 is 0 Å². The van der Waals surface area contributed by atoms with Crippen LogP contribution in [0.2, 0.25) is 10.0 Å². The molecule has 114 valence electrons. The highest BCUT2D eigenvalue weighted by atomic mass is 35.5. The van der Waals surface area contributed by atoms with Crippen molar-refractivity contribution in [2.75, 3.05) is 0 Å². The fraction of sp³-hybridized carbons (Fsp3) is 0.111. The van der Waals surface area contributed by atoms with Crippen molar-refractivity contribution in [3.05, 3.63) is 74.1 Å². The Bertz CT molecular complexity index is 979. The van der Waals surface area contributed by atoms with Crippen LogP contribution in [0.5, 0.6) is 0 Å². The quantitative estimate of drug-likeness (QED) is 0.707. The smallest absolute Gasteiger partial charge is 0.305 e. The molecule has 0 unspecified atom stereocenters. The second-order valence-corrected chi connectivity index (χ2v) is 6.37. The summed E-state index contributed by atoms with van der Waals surface area (Å²) >= 11 is 12.3. The normalized spacial score (nSPS) is 12.6. The van der Waals surface area contributed by atoms with Crippen molar-refractivity contribution >= 4 is 23.2 Å². The van der Waals surface area contributed by atoms with Gasteiger partial charge in [0.2, 0.25) is 0 Å². The fourth-order valence-corrected chi connectivity index (χ4v) is 3.62. The standard InChI is InChI=1S/C18H12Cl2N2O/c19-11-6-8-13(15(20)9-11)17-14-7-5-10-3-1-2-4-12(10)16(14)21-18(23)22-17/h1-4,6,8-9H,5,7H2,(H,21,22,23). The number of benzene rings is 2. The number of fused-ring (bicyclic) bond motifs is 3. The Morgan fingerprint density at radius 1 is 1.00 bits per heavy atom. The number of hydrogen-bond acceptors (Lipinski definition) is 2. The molecule has 23 heavy (non-hydrogen) atoms. The van der Waals surface area contributed by atoms with Gasteiger partial charge in [0, 0.05) is 21.7 Å². The van der Waals surface area contributed by atoms with Crippen LogP contribution in [-0.2, 0) is 12.8 Å². The van der Waals surface area contributed by atoms with Crippen molar-refractivity contribution in [2.24, 2.45) is 0 Å². The van der Waals surface area contributed by atoms with Gasteiger partial charge in [-0.3, -0.25) is 0 Å². The van der Waals surface area contributed by atoms with Gasteiger partial charge >= 0.3 is 5.69 Å². The summed E-state index contributed by atoms with van der Waals surface area (Å²) in [4.78, 5) is 19.1. The number of nitrogens with one attached hydrogen (secondary N) is 1. The fourth-order valence-electron chi connectivity index (χ4n) is 3.12. The zero-order valence-electron chi connectivity index (χ0n) is 12.1. The first-order chi connectivity index (χ1) is 11.1. The number of H-pyrrole nitrogens is 1. The van der Waals surface area contributed by atoms with Crippen LogP contribution < -0.4 is 5.69 Å². The Labute approximate surface area is 142 Å². The maximum atomic E-state index is 12.1. The minimum atomic E-state index is -0.374. The lowest BCUT2D eigenvalue weighted by Gasteiger charge is -2.21. The first-order valence-electron chi connectivity index (χ1n) is 7.30. The summed E-state index contributed by atoms with van der Waals surface area (Å²) < 4.78 is 0. The topological polar surface area (TPSA) is 45.8 Å². The lowest BCUT2D eigenvalue weighted by Crippen LogP contribution is -2.18. The van der Waals surface area contributed by atoms with Crippen LogP contribution >= 0.6 is 23.2 Å². The highest BCUT2D eigenvalue weighted by Gasteiger charge is 2.22. The van der Waals surface area contributed by atoms with Crippen molar-refractivity contribution in [1.29, 1.82) is 0 Å². The van der Waals surface area contributed by atoms with E-state index in [0.717, 1.165) is 40.9 Å². The molecule has 2 aromatic carbocycles. The van der Waals surface area contributed by atoms with E-state index in [4.69, 9.17) is 23.2 Å². The molecule has 1 aliphatic carbocycles. The predicted molar refractivity (Wildman–Crippen MR) is 93.2 cm³/mol. The van der Waals surface area contributed by atoms with Crippen LogP contribution in [0.1, 0.15) is 11.1 Å². The first-order valence-corrected chi connectivity index (χ1v) is 8.06. The van der Waals surface area contributed by atoms with E-state index in [1.807, 2.05) is 24.3 Å². The highest BCUT2D eigenvalue weighted by molar-refractivity contribution is 6.36. The lowest BCUT2D eigenvalue weighted by atomic mass is 9.87. The van der Waals surface area contributed by atoms with Crippen LogP contribution in [0.3, 0.4) is 0 Å². The number of aryl methyl sites for hydroxylation is 1.